The zero-order chi connectivity index (χ0) is 29.9. The molecule has 0 spiro atoms. The van der Waals surface area contributed by atoms with Gasteiger partial charge in [-0.2, -0.15) is 0 Å². The minimum Gasteiger partial charge on any atom is -0.404 e. The van der Waals surface area contributed by atoms with Crippen LogP contribution >= 0.6 is 32.9 Å². The maximum absolute atomic E-state index is 6.55. The van der Waals surface area contributed by atoms with Gasteiger partial charge < -0.3 is 10.3 Å². The molecule has 0 radical (unpaired) electrons. The monoisotopic (exact) mass is 701 g/mol. The van der Waals surface area contributed by atoms with E-state index in [-0.39, 0.29) is 5.37 Å². The lowest BCUT2D eigenvalue weighted by Gasteiger charge is -2.48. The third kappa shape index (κ3) is 4.72. The van der Waals surface area contributed by atoms with Crippen molar-refractivity contribution in [3.63, 3.8) is 0 Å². The fourth-order valence-electron chi connectivity index (χ4n) is 6.38. The molecule has 216 valence electrons. The molecule has 0 aliphatic carbocycles. The summed E-state index contributed by atoms with van der Waals surface area (Å²) in [6.45, 7) is 0. The Kier molecular flexibility index (Phi) is 8.00. The largest absolute Gasteiger partial charge is 0.404 e. The summed E-state index contributed by atoms with van der Waals surface area (Å²) in [5.74, 6) is 0. The minimum atomic E-state index is -1.97. The van der Waals surface area contributed by atoms with Gasteiger partial charge in [0, 0.05) is 56.0 Å². The zero-order valence-electron chi connectivity index (χ0n) is 24.1. The average molecular weight is 702 g/mol. The number of benzene rings is 6. The van der Waals surface area contributed by atoms with Gasteiger partial charge in [0.2, 0.25) is 0 Å². The fraction of sp³-hybridized carbons (Fsp3) is 0.0256. The van der Waals surface area contributed by atoms with Gasteiger partial charge in [-0.3, -0.25) is 0 Å². The van der Waals surface area contributed by atoms with E-state index in [4.69, 9.17) is 5.73 Å². The molecule has 5 heteroatoms. The molecule has 0 amide bonds. The summed E-state index contributed by atoms with van der Waals surface area (Å²) in [5.41, 5.74) is 12.3. The molecule has 0 aliphatic rings. The van der Waals surface area contributed by atoms with Gasteiger partial charge in [-0.15, -0.1) is 10.0 Å². The van der Waals surface area contributed by atoms with E-state index in [0.717, 1.165) is 16.8 Å². The van der Waals surface area contributed by atoms with Gasteiger partial charge in [0.15, 0.2) is 0 Å². The first kappa shape index (κ1) is 28.5. The molecule has 0 fully saturated rings. The van der Waals surface area contributed by atoms with Crippen molar-refractivity contribution in [3.8, 4) is 5.69 Å². The van der Waals surface area contributed by atoms with Crippen LogP contribution in [0.2, 0.25) is 0 Å². The van der Waals surface area contributed by atoms with Crippen molar-refractivity contribution in [1.82, 2.24) is 8.10 Å². The molecular formula is C39H32IN3S. The molecule has 7 rings (SSSR count). The highest BCUT2D eigenvalue weighted by Gasteiger charge is 2.41. The summed E-state index contributed by atoms with van der Waals surface area (Å²) >= 11 is 2.33. The van der Waals surface area contributed by atoms with Crippen LogP contribution in [0.15, 0.2) is 185 Å². The van der Waals surface area contributed by atoms with E-state index in [1.807, 2.05) is 0 Å². The lowest BCUT2D eigenvalue weighted by atomic mass is 10.1. The highest BCUT2D eigenvalue weighted by Crippen LogP contribution is 2.73. The minimum absolute atomic E-state index is 0.125. The van der Waals surface area contributed by atoms with Gasteiger partial charge in [0.05, 0.1) is 16.4 Å². The standard InChI is InChI=1S/C39H32IN3S/c40-42-39(36(28-41)29-15-5-1-6-16-29)44(31-19-9-3-10-20-31,32-21-11-4-12-22-32)33-25-26-38-35(27-33)34-23-13-14-24-37(34)43(38)30-17-7-2-8-18-30/h1-28,39,42H,41H2/b36-28-. The van der Waals surface area contributed by atoms with Crippen LogP contribution in [0.5, 0.6) is 0 Å². The van der Waals surface area contributed by atoms with Crippen molar-refractivity contribution < 1.29 is 0 Å². The summed E-state index contributed by atoms with van der Waals surface area (Å²) < 4.78 is 6.13. The summed E-state index contributed by atoms with van der Waals surface area (Å²) in [4.78, 5) is 3.80. The van der Waals surface area contributed by atoms with Gasteiger partial charge in [-0.05, 0) is 76.0 Å². The first-order chi connectivity index (χ1) is 21.8. The highest BCUT2D eigenvalue weighted by atomic mass is 127. The number of para-hydroxylation sites is 2. The molecule has 0 saturated carbocycles. The predicted molar refractivity (Wildman–Crippen MR) is 196 cm³/mol. The Hall–Kier alpha value is -4.30. The summed E-state index contributed by atoms with van der Waals surface area (Å²) in [7, 11) is -1.97. The lowest BCUT2D eigenvalue weighted by Crippen LogP contribution is -2.31. The van der Waals surface area contributed by atoms with E-state index >= 15 is 0 Å². The van der Waals surface area contributed by atoms with Gasteiger partial charge in [0.1, 0.15) is 0 Å². The molecule has 3 nitrogen and oxygen atoms in total. The molecule has 0 bridgehead atoms. The molecule has 7 aromatic rings. The first-order valence-corrected chi connectivity index (χ1v) is 17.4. The van der Waals surface area contributed by atoms with Crippen LogP contribution < -0.4 is 9.26 Å². The number of aromatic nitrogens is 1. The van der Waals surface area contributed by atoms with Gasteiger partial charge in [-0.1, -0.05) is 103 Å². The van der Waals surface area contributed by atoms with Crippen LogP contribution in [-0.2, 0) is 0 Å². The molecule has 3 N–H and O–H groups in total. The predicted octanol–water partition coefficient (Wildman–Crippen LogP) is 10.3. The third-order valence-corrected chi connectivity index (χ3v) is 13.4. The Morgan fingerprint density at radius 3 is 1.70 bits per heavy atom. The van der Waals surface area contributed by atoms with E-state index in [1.165, 1.54) is 36.5 Å². The summed E-state index contributed by atoms with van der Waals surface area (Å²) in [6.07, 6.45) is 1.79. The van der Waals surface area contributed by atoms with Crippen molar-refractivity contribution in [2.24, 2.45) is 5.73 Å². The number of halogens is 1. The van der Waals surface area contributed by atoms with Crippen molar-refractivity contribution in [3.05, 3.63) is 176 Å². The van der Waals surface area contributed by atoms with Crippen LogP contribution in [0.3, 0.4) is 0 Å². The van der Waals surface area contributed by atoms with Gasteiger partial charge in [0.25, 0.3) is 0 Å². The van der Waals surface area contributed by atoms with Crippen LogP contribution in [0.1, 0.15) is 5.56 Å². The van der Waals surface area contributed by atoms with Crippen molar-refractivity contribution in [2.45, 2.75) is 20.1 Å². The molecule has 6 aromatic carbocycles. The number of hydrogen-bond acceptors (Lipinski definition) is 2. The Bertz CT molecular complexity index is 2020. The number of hydrogen-bond donors (Lipinski definition) is 2. The molecule has 44 heavy (non-hydrogen) atoms. The number of fused-ring (bicyclic) bond motifs is 3. The van der Waals surface area contributed by atoms with Crippen LogP contribution in [0.25, 0.3) is 33.1 Å². The molecule has 0 aliphatic heterocycles. The Morgan fingerprint density at radius 1 is 0.591 bits per heavy atom. The normalized spacial score (nSPS) is 13.2. The van der Waals surface area contributed by atoms with Gasteiger partial charge in [-0.25, -0.2) is 3.53 Å². The molecular weight excluding hydrogens is 669 g/mol. The smallest absolute Gasteiger partial charge is 0.0854 e. The Balaban J connectivity index is 1.59. The second kappa shape index (κ2) is 12.4. The van der Waals surface area contributed by atoms with E-state index in [9.17, 15) is 0 Å². The molecule has 1 atom stereocenters. The third-order valence-electron chi connectivity index (χ3n) is 8.28. The topological polar surface area (TPSA) is 43.0 Å². The maximum atomic E-state index is 6.55. The maximum Gasteiger partial charge on any atom is 0.0854 e. The quantitative estimate of drug-likeness (QED) is 0.122. The molecule has 1 unspecified atom stereocenters. The van der Waals surface area contributed by atoms with E-state index < -0.39 is 10.0 Å². The first-order valence-electron chi connectivity index (χ1n) is 14.6. The lowest BCUT2D eigenvalue weighted by molar-refractivity contribution is 1.05. The number of nitrogens with two attached hydrogens (primary N) is 1. The van der Waals surface area contributed by atoms with E-state index in [2.05, 4.69) is 195 Å². The van der Waals surface area contributed by atoms with Gasteiger partial charge >= 0.3 is 0 Å². The summed E-state index contributed by atoms with van der Waals surface area (Å²) in [6, 6.07) is 58.9. The second-order valence-electron chi connectivity index (χ2n) is 10.6. The number of rotatable bonds is 8. The summed E-state index contributed by atoms with van der Waals surface area (Å²) in [5, 5.41) is 2.34. The molecule has 1 aromatic heterocycles. The van der Waals surface area contributed by atoms with E-state index in [0.29, 0.717) is 0 Å². The molecule has 0 saturated heterocycles. The number of nitrogens with zero attached hydrogens (tertiary/aromatic N) is 1. The van der Waals surface area contributed by atoms with Crippen LogP contribution in [0.4, 0.5) is 0 Å². The Labute approximate surface area is 273 Å². The average Bonchev–Trinajstić information content (AvgIpc) is 3.44. The van der Waals surface area contributed by atoms with Crippen LogP contribution in [-0.4, -0.2) is 9.94 Å². The SMILES string of the molecule is N/C=C(/c1ccccc1)C(NI)S(c1ccccc1)(c1ccccc1)c1ccc2c(c1)c1ccccc1n2-c1ccccc1. The fourth-order valence-corrected chi connectivity index (χ4v) is 12.0. The van der Waals surface area contributed by atoms with Crippen molar-refractivity contribution >= 4 is 60.3 Å². The highest BCUT2D eigenvalue weighted by molar-refractivity contribution is 14.1. The zero-order valence-corrected chi connectivity index (χ0v) is 27.0. The molecule has 1 heterocycles. The second-order valence-corrected chi connectivity index (χ2v) is 14.5. The van der Waals surface area contributed by atoms with Crippen molar-refractivity contribution in [1.29, 1.82) is 0 Å². The van der Waals surface area contributed by atoms with Crippen LogP contribution in [0, 0.1) is 0 Å². The van der Waals surface area contributed by atoms with Crippen molar-refractivity contribution in [2.75, 3.05) is 0 Å². The number of nitrogens with one attached hydrogen (secondary N) is 1. The van der Waals surface area contributed by atoms with E-state index in [1.54, 1.807) is 6.20 Å². The Morgan fingerprint density at radius 2 is 1.11 bits per heavy atom.